The van der Waals surface area contributed by atoms with Gasteiger partial charge in [-0.2, -0.15) is 0 Å². The first kappa shape index (κ1) is 10.5. The van der Waals surface area contributed by atoms with Crippen LogP contribution in [0.5, 0.6) is 5.75 Å². The van der Waals surface area contributed by atoms with Crippen molar-refractivity contribution in [1.29, 1.82) is 0 Å². The molecule has 0 aliphatic rings. The van der Waals surface area contributed by atoms with Crippen molar-refractivity contribution in [1.82, 2.24) is 0 Å². The highest BCUT2D eigenvalue weighted by atomic mass is 19.1. The van der Waals surface area contributed by atoms with Gasteiger partial charge in [0.05, 0.1) is 5.69 Å². The summed E-state index contributed by atoms with van der Waals surface area (Å²) in [4.78, 5) is 0. The van der Waals surface area contributed by atoms with E-state index < -0.39 is 6.67 Å². The summed E-state index contributed by atoms with van der Waals surface area (Å²) in [6, 6.07) is 12.7. The fourth-order valence-electron chi connectivity index (χ4n) is 1.60. The van der Waals surface area contributed by atoms with Crippen molar-refractivity contribution in [2.45, 2.75) is 6.67 Å². The zero-order valence-electron chi connectivity index (χ0n) is 8.65. The number of benzene rings is 2. The third-order valence-electron chi connectivity index (χ3n) is 2.49. The van der Waals surface area contributed by atoms with Gasteiger partial charge in [0.1, 0.15) is 12.4 Å². The molecule has 0 fully saturated rings. The number of anilines is 1. The molecule has 0 spiro atoms. The molecule has 0 aromatic heterocycles. The lowest BCUT2D eigenvalue weighted by molar-refractivity contribution is 0.467. The van der Waals surface area contributed by atoms with Crippen LogP contribution in [0.1, 0.15) is 5.56 Å². The Hall–Kier alpha value is -2.03. The lowest BCUT2D eigenvalue weighted by Gasteiger charge is -2.08. The van der Waals surface area contributed by atoms with Crippen LogP contribution in [-0.2, 0) is 6.67 Å². The van der Waals surface area contributed by atoms with E-state index in [9.17, 15) is 9.50 Å². The molecule has 0 radical (unpaired) electrons. The molecule has 0 bridgehead atoms. The zero-order valence-corrected chi connectivity index (χ0v) is 8.65. The fraction of sp³-hybridized carbons (Fsp3) is 0.0769. The van der Waals surface area contributed by atoms with E-state index in [-0.39, 0.29) is 11.4 Å². The Balaban J connectivity index is 2.55. The van der Waals surface area contributed by atoms with Crippen LogP contribution >= 0.6 is 0 Å². The van der Waals surface area contributed by atoms with Gasteiger partial charge in [0.25, 0.3) is 0 Å². The summed E-state index contributed by atoms with van der Waals surface area (Å²) in [5.74, 6) is -0.0750. The summed E-state index contributed by atoms with van der Waals surface area (Å²) in [6.45, 7) is -0.680. The van der Waals surface area contributed by atoms with Crippen molar-refractivity contribution < 1.29 is 9.50 Å². The minimum Gasteiger partial charge on any atom is -0.506 e. The van der Waals surface area contributed by atoms with Gasteiger partial charge in [0, 0.05) is 5.56 Å². The lowest BCUT2D eigenvalue weighted by atomic mass is 10.0. The maximum absolute atomic E-state index is 12.7. The van der Waals surface area contributed by atoms with Gasteiger partial charge in [-0.05, 0) is 23.3 Å². The van der Waals surface area contributed by atoms with Crippen LogP contribution in [0.3, 0.4) is 0 Å². The molecule has 2 nitrogen and oxygen atoms in total. The Morgan fingerprint density at radius 3 is 2.38 bits per heavy atom. The number of nitrogen functional groups attached to an aromatic ring is 1. The van der Waals surface area contributed by atoms with Crippen LogP contribution in [-0.4, -0.2) is 5.11 Å². The molecule has 2 aromatic carbocycles. The second-order valence-corrected chi connectivity index (χ2v) is 3.57. The third-order valence-corrected chi connectivity index (χ3v) is 2.49. The third kappa shape index (κ3) is 1.84. The molecule has 0 amide bonds. The van der Waals surface area contributed by atoms with Crippen LogP contribution in [0.25, 0.3) is 11.1 Å². The first-order valence-electron chi connectivity index (χ1n) is 4.95. The molecule has 0 heterocycles. The number of phenols is 1. The molecule has 82 valence electrons. The van der Waals surface area contributed by atoms with E-state index in [4.69, 9.17) is 5.73 Å². The highest BCUT2D eigenvalue weighted by molar-refractivity contribution is 5.72. The first-order valence-corrected chi connectivity index (χ1v) is 4.95. The van der Waals surface area contributed by atoms with E-state index in [1.54, 1.807) is 12.1 Å². The Bertz CT molecular complexity index is 497. The number of halogens is 1. The number of hydrogen-bond acceptors (Lipinski definition) is 2. The Kier molecular flexibility index (Phi) is 2.77. The molecule has 16 heavy (non-hydrogen) atoms. The number of phenolic OH excluding ortho intramolecular Hbond substituents is 1. The van der Waals surface area contributed by atoms with Crippen molar-refractivity contribution >= 4 is 5.69 Å². The maximum Gasteiger partial charge on any atom is 0.139 e. The van der Waals surface area contributed by atoms with E-state index >= 15 is 0 Å². The maximum atomic E-state index is 12.7. The largest absolute Gasteiger partial charge is 0.506 e. The molecule has 2 aromatic rings. The number of alkyl halides is 1. The van der Waals surface area contributed by atoms with Gasteiger partial charge in [-0.1, -0.05) is 30.3 Å². The summed E-state index contributed by atoms with van der Waals surface area (Å²) >= 11 is 0. The van der Waals surface area contributed by atoms with Crippen molar-refractivity contribution in [2.75, 3.05) is 5.73 Å². The second-order valence-electron chi connectivity index (χ2n) is 3.57. The van der Waals surface area contributed by atoms with Gasteiger partial charge in [0.15, 0.2) is 0 Å². The fourth-order valence-corrected chi connectivity index (χ4v) is 1.60. The number of nitrogens with two attached hydrogens (primary N) is 1. The minimum absolute atomic E-state index is 0.0750. The second kappa shape index (κ2) is 4.23. The zero-order chi connectivity index (χ0) is 11.5. The highest BCUT2D eigenvalue weighted by Gasteiger charge is 2.08. The van der Waals surface area contributed by atoms with E-state index in [1.807, 2.05) is 30.3 Å². The van der Waals surface area contributed by atoms with Crippen molar-refractivity contribution in [2.24, 2.45) is 0 Å². The number of hydrogen-bond donors (Lipinski definition) is 2. The van der Waals surface area contributed by atoms with Crippen LogP contribution < -0.4 is 5.73 Å². The van der Waals surface area contributed by atoms with Crippen molar-refractivity contribution in [3.05, 3.63) is 48.0 Å². The average Bonchev–Trinajstić information content (AvgIpc) is 2.33. The molecule has 0 saturated carbocycles. The van der Waals surface area contributed by atoms with Gasteiger partial charge >= 0.3 is 0 Å². The van der Waals surface area contributed by atoms with Gasteiger partial charge < -0.3 is 10.8 Å². The van der Waals surface area contributed by atoms with Crippen LogP contribution in [0.15, 0.2) is 42.5 Å². The minimum atomic E-state index is -0.680. The lowest BCUT2D eigenvalue weighted by Crippen LogP contribution is -1.93. The van der Waals surface area contributed by atoms with E-state index in [0.717, 1.165) is 11.1 Å². The Morgan fingerprint density at radius 1 is 1.06 bits per heavy atom. The van der Waals surface area contributed by atoms with Crippen LogP contribution in [0, 0.1) is 0 Å². The van der Waals surface area contributed by atoms with Crippen LogP contribution in [0.2, 0.25) is 0 Å². The monoisotopic (exact) mass is 217 g/mol. The van der Waals surface area contributed by atoms with Gasteiger partial charge in [-0.25, -0.2) is 4.39 Å². The predicted octanol–water partition coefficient (Wildman–Crippen LogP) is 3.11. The van der Waals surface area contributed by atoms with Crippen LogP contribution in [0.4, 0.5) is 10.1 Å². The molecule has 0 aliphatic carbocycles. The summed E-state index contributed by atoms with van der Waals surface area (Å²) in [7, 11) is 0. The summed E-state index contributed by atoms with van der Waals surface area (Å²) in [5, 5.41) is 9.58. The highest BCUT2D eigenvalue weighted by Crippen LogP contribution is 2.31. The summed E-state index contributed by atoms with van der Waals surface area (Å²) in [5.41, 5.74) is 7.67. The van der Waals surface area contributed by atoms with E-state index in [2.05, 4.69) is 0 Å². The number of rotatable bonds is 2. The standard InChI is InChI=1S/C13H12FNO/c14-8-11-6-10(7-12(16)13(11)15)9-4-2-1-3-5-9/h1-7,16H,8,15H2. The first-order chi connectivity index (χ1) is 7.72. The average molecular weight is 217 g/mol. The van der Waals surface area contributed by atoms with E-state index in [1.165, 1.54) is 0 Å². The quantitative estimate of drug-likeness (QED) is 0.599. The molecule has 3 N–H and O–H groups in total. The molecular formula is C13H12FNO. The summed E-state index contributed by atoms with van der Waals surface area (Å²) in [6.07, 6.45) is 0. The van der Waals surface area contributed by atoms with Crippen molar-refractivity contribution in [3.63, 3.8) is 0 Å². The van der Waals surface area contributed by atoms with Crippen molar-refractivity contribution in [3.8, 4) is 16.9 Å². The van der Waals surface area contributed by atoms with Gasteiger partial charge in [0.2, 0.25) is 0 Å². The molecular weight excluding hydrogens is 205 g/mol. The molecule has 2 rings (SSSR count). The molecule has 0 saturated heterocycles. The number of aromatic hydroxyl groups is 1. The Morgan fingerprint density at radius 2 is 1.75 bits per heavy atom. The normalized spacial score (nSPS) is 10.3. The molecule has 3 heteroatoms. The predicted molar refractivity (Wildman–Crippen MR) is 62.8 cm³/mol. The smallest absolute Gasteiger partial charge is 0.139 e. The summed E-state index contributed by atoms with van der Waals surface area (Å²) < 4.78 is 12.7. The van der Waals surface area contributed by atoms with Gasteiger partial charge in [-0.15, -0.1) is 0 Å². The molecule has 0 unspecified atom stereocenters. The Labute approximate surface area is 93.2 Å². The van der Waals surface area contributed by atoms with Gasteiger partial charge in [-0.3, -0.25) is 0 Å². The SMILES string of the molecule is Nc1c(O)cc(-c2ccccc2)cc1CF. The topological polar surface area (TPSA) is 46.2 Å². The molecule has 0 atom stereocenters. The van der Waals surface area contributed by atoms with E-state index in [0.29, 0.717) is 5.56 Å². The molecule has 0 aliphatic heterocycles.